The first kappa shape index (κ1) is 16.4. The summed E-state index contributed by atoms with van der Waals surface area (Å²) in [6.45, 7) is 6.02. The number of benzene rings is 1. The van der Waals surface area contributed by atoms with Gasteiger partial charge >= 0.3 is 0 Å². The highest BCUT2D eigenvalue weighted by Gasteiger charge is 2.41. The maximum absolute atomic E-state index is 13.1. The van der Waals surface area contributed by atoms with Gasteiger partial charge in [-0.05, 0) is 56.8 Å². The number of rotatable bonds is 8. The maximum atomic E-state index is 13.1. The van der Waals surface area contributed by atoms with Crippen molar-refractivity contribution in [3.05, 3.63) is 35.6 Å². The quantitative estimate of drug-likeness (QED) is 0.779. The summed E-state index contributed by atoms with van der Waals surface area (Å²) in [7, 11) is 0. The standard InChI is InChI=1S/C18H28FNO/c1-3-13-20-17(14-15-7-9-16(19)10-8-15)18(21-4-2)11-5-6-12-18/h7-10,17,20H,3-6,11-14H2,1-2H3. The van der Waals surface area contributed by atoms with Crippen LogP contribution in [0.1, 0.15) is 51.5 Å². The summed E-state index contributed by atoms with van der Waals surface area (Å²) in [6, 6.07) is 7.20. The van der Waals surface area contributed by atoms with E-state index < -0.39 is 0 Å². The van der Waals surface area contributed by atoms with E-state index >= 15 is 0 Å². The molecule has 2 nitrogen and oxygen atoms in total. The molecule has 1 aliphatic carbocycles. The Hall–Kier alpha value is -0.930. The van der Waals surface area contributed by atoms with Crippen LogP contribution in [0.4, 0.5) is 4.39 Å². The number of nitrogens with one attached hydrogen (secondary N) is 1. The van der Waals surface area contributed by atoms with Crippen LogP contribution >= 0.6 is 0 Å². The zero-order valence-corrected chi connectivity index (χ0v) is 13.3. The molecule has 1 N–H and O–H groups in total. The Morgan fingerprint density at radius 1 is 1.19 bits per heavy atom. The van der Waals surface area contributed by atoms with E-state index in [0.29, 0.717) is 6.04 Å². The van der Waals surface area contributed by atoms with Crippen LogP contribution in [0.25, 0.3) is 0 Å². The Bertz CT molecular complexity index is 412. The monoisotopic (exact) mass is 293 g/mol. The molecule has 0 aromatic heterocycles. The summed E-state index contributed by atoms with van der Waals surface area (Å²) in [5.41, 5.74) is 1.13. The molecule has 0 amide bonds. The second-order valence-electron chi connectivity index (χ2n) is 6.04. The molecule has 1 saturated carbocycles. The van der Waals surface area contributed by atoms with Gasteiger partial charge < -0.3 is 10.1 Å². The second-order valence-corrected chi connectivity index (χ2v) is 6.04. The van der Waals surface area contributed by atoms with Gasteiger partial charge in [-0.2, -0.15) is 0 Å². The Labute approximate surface area is 128 Å². The van der Waals surface area contributed by atoms with Gasteiger partial charge in [0.15, 0.2) is 0 Å². The summed E-state index contributed by atoms with van der Waals surface area (Å²) in [5, 5.41) is 3.68. The lowest BCUT2D eigenvalue weighted by Gasteiger charge is -2.38. The van der Waals surface area contributed by atoms with E-state index in [4.69, 9.17) is 4.74 Å². The van der Waals surface area contributed by atoms with E-state index in [1.165, 1.54) is 18.4 Å². The SMILES string of the molecule is CCCNC(Cc1ccc(F)cc1)C1(OCC)CCCC1. The van der Waals surface area contributed by atoms with Gasteiger partial charge in [0.2, 0.25) is 0 Å². The van der Waals surface area contributed by atoms with Gasteiger partial charge in [-0.25, -0.2) is 4.39 Å². The molecule has 0 aliphatic heterocycles. The van der Waals surface area contributed by atoms with Gasteiger partial charge in [0.05, 0.1) is 5.60 Å². The molecule has 0 heterocycles. The first-order chi connectivity index (χ1) is 10.2. The molecule has 0 bridgehead atoms. The summed E-state index contributed by atoms with van der Waals surface area (Å²) < 4.78 is 19.3. The van der Waals surface area contributed by atoms with Gasteiger partial charge in [-0.3, -0.25) is 0 Å². The zero-order valence-electron chi connectivity index (χ0n) is 13.3. The zero-order chi connectivity index (χ0) is 15.1. The lowest BCUT2D eigenvalue weighted by Crippen LogP contribution is -2.52. The fourth-order valence-corrected chi connectivity index (χ4v) is 3.47. The minimum Gasteiger partial charge on any atom is -0.374 e. The minimum absolute atomic E-state index is 0.0433. The van der Waals surface area contributed by atoms with E-state index in [2.05, 4.69) is 19.2 Å². The van der Waals surface area contributed by atoms with Gasteiger partial charge in [-0.15, -0.1) is 0 Å². The van der Waals surface area contributed by atoms with Crippen LogP contribution in [-0.4, -0.2) is 24.8 Å². The molecule has 2 rings (SSSR count). The topological polar surface area (TPSA) is 21.3 Å². The Morgan fingerprint density at radius 3 is 2.43 bits per heavy atom. The molecule has 3 heteroatoms. The third kappa shape index (κ3) is 4.27. The minimum atomic E-state index is -0.169. The number of hydrogen-bond donors (Lipinski definition) is 1. The van der Waals surface area contributed by atoms with Crippen molar-refractivity contribution >= 4 is 0 Å². The van der Waals surface area contributed by atoms with Crippen LogP contribution in [0.5, 0.6) is 0 Å². The molecule has 1 aromatic rings. The predicted octanol–water partition coefficient (Wildman–Crippen LogP) is 4.09. The summed E-state index contributed by atoms with van der Waals surface area (Å²) in [6.07, 6.45) is 6.76. The lowest BCUT2D eigenvalue weighted by molar-refractivity contribution is -0.0612. The van der Waals surface area contributed by atoms with Gasteiger partial charge in [-0.1, -0.05) is 31.9 Å². The third-order valence-corrected chi connectivity index (χ3v) is 4.51. The molecular weight excluding hydrogens is 265 g/mol. The average molecular weight is 293 g/mol. The number of halogens is 1. The van der Waals surface area contributed by atoms with Crippen molar-refractivity contribution in [2.75, 3.05) is 13.2 Å². The van der Waals surface area contributed by atoms with Crippen molar-refractivity contribution in [2.24, 2.45) is 0 Å². The molecule has 0 spiro atoms. The normalized spacial score (nSPS) is 18.8. The molecule has 0 radical (unpaired) electrons. The van der Waals surface area contributed by atoms with E-state index in [-0.39, 0.29) is 11.4 Å². The molecule has 1 aliphatic rings. The van der Waals surface area contributed by atoms with Crippen molar-refractivity contribution in [1.82, 2.24) is 5.32 Å². The predicted molar refractivity (Wildman–Crippen MR) is 85.0 cm³/mol. The van der Waals surface area contributed by atoms with Crippen molar-refractivity contribution in [3.8, 4) is 0 Å². The highest BCUT2D eigenvalue weighted by atomic mass is 19.1. The van der Waals surface area contributed by atoms with Crippen molar-refractivity contribution in [2.45, 2.75) is 64.0 Å². The van der Waals surface area contributed by atoms with E-state index in [1.807, 2.05) is 12.1 Å². The van der Waals surface area contributed by atoms with Crippen LogP contribution in [0, 0.1) is 5.82 Å². The van der Waals surface area contributed by atoms with Crippen LogP contribution in [0.2, 0.25) is 0 Å². The van der Waals surface area contributed by atoms with Gasteiger partial charge in [0, 0.05) is 12.6 Å². The molecule has 1 atom stereocenters. The average Bonchev–Trinajstić information content (AvgIpc) is 2.95. The van der Waals surface area contributed by atoms with Crippen LogP contribution in [0.15, 0.2) is 24.3 Å². The lowest BCUT2D eigenvalue weighted by atomic mass is 9.87. The first-order valence-corrected chi connectivity index (χ1v) is 8.32. The summed E-state index contributed by atoms with van der Waals surface area (Å²) >= 11 is 0. The van der Waals surface area contributed by atoms with Crippen LogP contribution in [0.3, 0.4) is 0 Å². The third-order valence-electron chi connectivity index (χ3n) is 4.51. The Morgan fingerprint density at radius 2 is 1.86 bits per heavy atom. The molecular formula is C18H28FNO. The highest BCUT2D eigenvalue weighted by molar-refractivity contribution is 5.19. The highest BCUT2D eigenvalue weighted by Crippen LogP contribution is 2.37. The van der Waals surface area contributed by atoms with Crippen LogP contribution in [-0.2, 0) is 11.2 Å². The smallest absolute Gasteiger partial charge is 0.123 e. The fraction of sp³-hybridized carbons (Fsp3) is 0.667. The van der Waals surface area contributed by atoms with Crippen LogP contribution < -0.4 is 5.32 Å². The molecule has 1 fully saturated rings. The van der Waals surface area contributed by atoms with Gasteiger partial charge in [0.1, 0.15) is 5.82 Å². The van der Waals surface area contributed by atoms with Crippen molar-refractivity contribution in [1.29, 1.82) is 0 Å². The van der Waals surface area contributed by atoms with E-state index in [1.54, 1.807) is 12.1 Å². The Balaban J connectivity index is 2.13. The van der Waals surface area contributed by atoms with Crippen molar-refractivity contribution in [3.63, 3.8) is 0 Å². The summed E-state index contributed by atoms with van der Waals surface area (Å²) in [5.74, 6) is -0.169. The van der Waals surface area contributed by atoms with E-state index in [0.717, 1.165) is 38.8 Å². The molecule has 1 unspecified atom stereocenters. The largest absolute Gasteiger partial charge is 0.374 e. The Kier molecular flexibility index (Phi) is 6.19. The molecule has 118 valence electrons. The maximum Gasteiger partial charge on any atom is 0.123 e. The molecule has 1 aromatic carbocycles. The van der Waals surface area contributed by atoms with Gasteiger partial charge in [0.25, 0.3) is 0 Å². The van der Waals surface area contributed by atoms with E-state index in [9.17, 15) is 4.39 Å². The molecule has 0 saturated heterocycles. The molecule has 21 heavy (non-hydrogen) atoms. The first-order valence-electron chi connectivity index (χ1n) is 8.32. The number of hydrogen-bond acceptors (Lipinski definition) is 2. The van der Waals surface area contributed by atoms with Crippen molar-refractivity contribution < 1.29 is 9.13 Å². The fourth-order valence-electron chi connectivity index (χ4n) is 3.47. The summed E-state index contributed by atoms with van der Waals surface area (Å²) in [4.78, 5) is 0. The second kappa shape index (κ2) is 7.90. The number of ether oxygens (including phenoxy) is 1.